The van der Waals surface area contributed by atoms with Gasteiger partial charge in [-0.1, -0.05) is 54.4 Å². The maximum atomic E-state index is 11.5. The molecule has 3 rings (SSSR count). The molecule has 0 aliphatic heterocycles. The Bertz CT molecular complexity index is 1090. The zero-order chi connectivity index (χ0) is 26.7. The summed E-state index contributed by atoms with van der Waals surface area (Å²) in [5, 5.41) is 21.7. The van der Waals surface area contributed by atoms with Crippen LogP contribution in [0.15, 0.2) is 34.3 Å². The third-order valence-corrected chi connectivity index (χ3v) is 6.72. The highest BCUT2D eigenvalue weighted by Gasteiger charge is 2.25. The van der Waals surface area contributed by atoms with Gasteiger partial charge in [-0.25, -0.2) is 0 Å². The van der Waals surface area contributed by atoms with E-state index >= 15 is 0 Å². The zero-order valence-corrected chi connectivity index (χ0v) is 22.2. The van der Waals surface area contributed by atoms with Crippen molar-refractivity contribution in [1.82, 2.24) is 0 Å². The van der Waals surface area contributed by atoms with Gasteiger partial charge in [-0.05, 0) is 47.9 Å². The lowest BCUT2D eigenvalue weighted by Gasteiger charge is -2.26. The van der Waals surface area contributed by atoms with Crippen molar-refractivity contribution in [2.24, 2.45) is 9.98 Å². The van der Waals surface area contributed by atoms with Crippen LogP contribution in [0, 0.1) is 0 Å². The third-order valence-electron chi connectivity index (χ3n) is 6.72. The molecule has 2 aromatic rings. The summed E-state index contributed by atoms with van der Waals surface area (Å²) in [5.74, 6) is 0.274. The molecule has 0 saturated heterocycles. The molecule has 6 heteroatoms. The van der Waals surface area contributed by atoms with Gasteiger partial charge in [0.1, 0.15) is 24.1 Å². The molecule has 192 valence electrons. The van der Waals surface area contributed by atoms with Gasteiger partial charge in [0.25, 0.3) is 0 Å². The van der Waals surface area contributed by atoms with Crippen LogP contribution >= 0.6 is 0 Å². The molecule has 1 fully saturated rings. The Kier molecular flexibility index (Phi) is 8.17. The summed E-state index contributed by atoms with van der Waals surface area (Å²) >= 11 is 0. The minimum absolute atomic E-state index is 0.0918. The molecule has 2 aromatic carbocycles. The van der Waals surface area contributed by atoms with Crippen molar-refractivity contribution >= 4 is 25.0 Å². The number of benzene rings is 2. The van der Waals surface area contributed by atoms with E-state index in [-0.39, 0.29) is 34.4 Å². The van der Waals surface area contributed by atoms with E-state index in [4.69, 9.17) is 9.98 Å². The van der Waals surface area contributed by atoms with Gasteiger partial charge in [0.2, 0.25) is 0 Å². The van der Waals surface area contributed by atoms with Crippen LogP contribution in [0.2, 0.25) is 0 Å². The Hall–Kier alpha value is -3.28. The van der Waals surface area contributed by atoms with Gasteiger partial charge in [0, 0.05) is 45.8 Å². The highest BCUT2D eigenvalue weighted by molar-refractivity contribution is 5.90. The van der Waals surface area contributed by atoms with Gasteiger partial charge in [-0.2, -0.15) is 0 Å². The van der Waals surface area contributed by atoms with Crippen LogP contribution in [0.4, 0.5) is 0 Å². The minimum atomic E-state index is -0.326. The minimum Gasteiger partial charge on any atom is -0.507 e. The van der Waals surface area contributed by atoms with Gasteiger partial charge in [-0.3, -0.25) is 19.6 Å². The molecule has 0 aromatic heterocycles. The van der Waals surface area contributed by atoms with Crippen LogP contribution in [-0.4, -0.2) is 47.3 Å². The van der Waals surface area contributed by atoms with E-state index in [0.29, 0.717) is 33.4 Å². The van der Waals surface area contributed by atoms with Crippen molar-refractivity contribution in [2.75, 3.05) is 0 Å². The first-order valence-electron chi connectivity index (χ1n) is 12.6. The molecule has 0 bridgehead atoms. The van der Waals surface area contributed by atoms with E-state index in [0.717, 1.165) is 38.3 Å². The smallest absolute Gasteiger partial charge is 0.150 e. The second-order valence-corrected chi connectivity index (χ2v) is 11.7. The maximum Gasteiger partial charge on any atom is 0.150 e. The van der Waals surface area contributed by atoms with Crippen molar-refractivity contribution in [3.8, 4) is 11.5 Å². The molecule has 1 saturated carbocycles. The fourth-order valence-corrected chi connectivity index (χ4v) is 4.63. The molecular formula is C30H38N2O4. The molecule has 1 aliphatic carbocycles. The fraction of sp³-hybridized carbons (Fsp3) is 0.467. The number of aromatic hydroxyl groups is 2. The molecule has 1 unspecified atom stereocenters. The van der Waals surface area contributed by atoms with Crippen molar-refractivity contribution in [3.63, 3.8) is 0 Å². The monoisotopic (exact) mass is 490 g/mol. The van der Waals surface area contributed by atoms with Crippen molar-refractivity contribution in [1.29, 1.82) is 0 Å². The van der Waals surface area contributed by atoms with Crippen molar-refractivity contribution in [3.05, 3.63) is 57.6 Å². The quantitative estimate of drug-likeness (QED) is 0.374. The largest absolute Gasteiger partial charge is 0.507 e. The van der Waals surface area contributed by atoms with Crippen molar-refractivity contribution in [2.45, 2.75) is 90.1 Å². The normalized spacial score (nSPS) is 19.2. The highest BCUT2D eigenvalue weighted by atomic mass is 16.3. The van der Waals surface area contributed by atoms with Gasteiger partial charge in [0.15, 0.2) is 0 Å². The first kappa shape index (κ1) is 27.3. The molecule has 0 heterocycles. The Morgan fingerprint density at radius 3 is 1.36 bits per heavy atom. The van der Waals surface area contributed by atoms with Crippen molar-refractivity contribution < 1.29 is 19.8 Å². The van der Waals surface area contributed by atoms with E-state index in [1.807, 2.05) is 41.5 Å². The number of rotatable bonds is 6. The summed E-state index contributed by atoms with van der Waals surface area (Å²) in [6, 6.07) is 6.56. The lowest BCUT2D eigenvalue weighted by Crippen LogP contribution is -2.27. The first-order valence-corrected chi connectivity index (χ1v) is 12.6. The van der Waals surface area contributed by atoms with E-state index < -0.39 is 0 Å². The maximum absolute atomic E-state index is 11.5. The van der Waals surface area contributed by atoms with Gasteiger partial charge in [0.05, 0.1) is 12.1 Å². The van der Waals surface area contributed by atoms with E-state index in [9.17, 15) is 19.8 Å². The molecule has 0 radical (unpaired) electrons. The summed E-state index contributed by atoms with van der Waals surface area (Å²) in [4.78, 5) is 32.6. The SMILES string of the molecule is CC(C)(C)c1cc(C=O)cc(/C=N/C2CCCC[C@@H]2/N=C/c2cc(C=O)cc(C(C)(C)C)c2O)c1O. The second kappa shape index (κ2) is 10.8. The molecule has 2 N–H and O–H groups in total. The number of carbonyl (C=O) groups is 2. The summed E-state index contributed by atoms with van der Waals surface area (Å²) in [6.45, 7) is 11.9. The predicted molar refractivity (Wildman–Crippen MR) is 146 cm³/mol. The van der Waals surface area contributed by atoms with E-state index in [1.165, 1.54) is 0 Å². The third kappa shape index (κ3) is 6.28. The van der Waals surface area contributed by atoms with Crippen LogP contribution < -0.4 is 0 Å². The van der Waals surface area contributed by atoms with E-state index in [1.54, 1.807) is 36.7 Å². The molecule has 0 spiro atoms. The fourth-order valence-electron chi connectivity index (χ4n) is 4.63. The Balaban J connectivity index is 1.93. The summed E-state index contributed by atoms with van der Waals surface area (Å²) in [6.07, 6.45) is 8.63. The summed E-state index contributed by atoms with van der Waals surface area (Å²) in [5.41, 5.74) is 2.78. The number of aldehydes is 2. The number of aliphatic imine (C=N–C) groups is 2. The molecule has 2 atom stereocenters. The lowest BCUT2D eigenvalue weighted by atomic mass is 9.84. The Labute approximate surface area is 214 Å². The molecule has 6 nitrogen and oxygen atoms in total. The van der Waals surface area contributed by atoms with Gasteiger partial charge in [-0.15, -0.1) is 0 Å². The number of phenolic OH excluding ortho intramolecular Hbond substituents is 2. The zero-order valence-electron chi connectivity index (χ0n) is 22.2. The first-order chi connectivity index (χ1) is 16.8. The average Bonchev–Trinajstić information content (AvgIpc) is 2.81. The lowest BCUT2D eigenvalue weighted by molar-refractivity contribution is 0.111. The Morgan fingerprint density at radius 2 is 1.06 bits per heavy atom. The Morgan fingerprint density at radius 1 is 0.694 bits per heavy atom. The number of hydrogen-bond donors (Lipinski definition) is 2. The van der Waals surface area contributed by atoms with Gasteiger partial charge < -0.3 is 10.2 Å². The van der Waals surface area contributed by atoms with Crippen LogP contribution in [0.25, 0.3) is 0 Å². The topological polar surface area (TPSA) is 99.3 Å². The summed E-state index contributed by atoms with van der Waals surface area (Å²) < 4.78 is 0. The molecule has 36 heavy (non-hydrogen) atoms. The summed E-state index contributed by atoms with van der Waals surface area (Å²) in [7, 11) is 0. The molecule has 1 aliphatic rings. The van der Waals surface area contributed by atoms with Crippen LogP contribution in [0.5, 0.6) is 11.5 Å². The second-order valence-electron chi connectivity index (χ2n) is 11.7. The molecule has 0 amide bonds. The van der Waals surface area contributed by atoms with Crippen LogP contribution in [0.3, 0.4) is 0 Å². The van der Waals surface area contributed by atoms with Crippen LogP contribution in [0.1, 0.15) is 110 Å². The predicted octanol–water partition coefficient (Wildman–Crippen LogP) is 6.17. The van der Waals surface area contributed by atoms with Gasteiger partial charge >= 0.3 is 0 Å². The number of hydrogen-bond acceptors (Lipinski definition) is 6. The number of carbonyl (C=O) groups excluding carboxylic acids is 2. The highest BCUT2D eigenvalue weighted by Crippen LogP contribution is 2.35. The number of phenols is 2. The average molecular weight is 491 g/mol. The number of nitrogens with zero attached hydrogens (tertiary/aromatic N) is 2. The standard InChI is InChI=1S/C30H38N2O4/c1-29(2,3)23-13-19(17-33)11-21(27(23)35)15-31-25-9-7-8-10-26(25)32-16-22-12-20(18-34)14-24(28(22)36)30(4,5)6/h11-18,25-26,35-36H,7-10H2,1-6H3/b31-15+,32-16+/t25-,26?/m0/s1. The molecular weight excluding hydrogens is 452 g/mol. The van der Waals surface area contributed by atoms with E-state index in [2.05, 4.69) is 0 Å². The van der Waals surface area contributed by atoms with Crippen LogP contribution in [-0.2, 0) is 10.8 Å².